The zero-order valence-corrected chi connectivity index (χ0v) is 11.3. The predicted molar refractivity (Wildman–Crippen MR) is 71.9 cm³/mol. The lowest BCUT2D eigenvalue weighted by atomic mass is 10.2. The molecule has 0 saturated carbocycles. The molecule has 2 unspecified atom stereocenters. The van der Waals surface area contributed by atoms with Crippen molar-refractivity contribution in [3.05, 3.63) is 16.3 Å². The van der Waals surface area contributed by atoms with Crippen LogP contribution in [0.25, 0.3) is 0 Å². The first-order valence-electron chi connectivity index (χ1n) is 6.25. The maximum atomic E-state index is 11.1. The lowest BCUT2D eigenvalue weighted by Crippen LogP contribution is -2.50. The molecular formula is C11H17N5O4. The average Bonchev–Trinajstić information content (AvgIpc) is 2.47. The molecule has 9 heteroatoms. The summed E-state index contributed by atoms with van der Waals surface area (Å²) in [5.41, 5.74) is -0.158. The molecule has 1 aliphatic rings. The molecule has 0 amide bonds. The first kappa shape index (κ1) is 14.4. The van der Waals surface area contributed by atoms with Crippen LogP contribution in [0.1, 0.15) is 6.92 Å². The zero-order chi connectivity index (χ0) is 14.7. The van der Waals surface area contributed by atoms with Gasteiger partial charge in [-0.2, -0.15) is 4.98 Å². The maximum absolute atomic E-state index is 11.1. The van der Waals surface area contributed by atoms with E-state index in [0.29, 0.717) is 19.1 Å². The molecule has 2 atom stereocenters. The summed E-state index contributed by atoms with van der Waals surface area (Å²) in [6.45, 7) is 2.47. The van der Waals surface area contributed by atoms with E-state index in [0.717, 1.165) is 0 Å². The van der Waals surface area contributed by atoms with Crippen molar-refractivity contribution >= 4 is 17.5 Å². The quantitative estimate of drug-likeness (QED) is 0.587. The number of hydrogen-bond donors (Lipinski definition) is 2. The van der Waals surface area contributed by atoms with Crippen LogP contribution in [-0.2, 0) is 4.74 Å². The molecule has 2 N–H and O–H groups in total. The first-order valence-corrected chi connectivity index (χ1v) is 6.25. The van der Waals surface area contributed by atoms with Gasteiger partial charge in [0.25, 0.3) is 0 Å². The van der Waals surface area contributed by atoms with Crippen LogP contribution in [-0.4, -0.2) is 58.9 Å². The molecule has 2 rings (SSSR count). The highest BCUT2D eigenvalue weighted by Crippen LogP contribution is 2.29. The molecule has 0 bridgehead atoms. The van der Waals surface area contributed by atoms with Crippen LogP contribution < -0.4 is 10.2 Å². The average molecular weight is 283 g/mol. The zero-order valence-electron chi connectivity index (χ0n) is 11.3. The van der Waals surface area contributed by atoms with Crippen molar-refractivity contribution in [2.24, 2.45) is 0 Å². The highest BCUT2D eigenvalue weighted by molar-refractivity contribution is 5.59. The van der Waals surface area contributed by atoms with Gasteiger partial charge in [0.05, 0.1) is 30.3 Å². The van der Waals surface area contributed by atoms with Crippen molar-refractivity contribution in [3.8, 4) is 0 Å². The van der Waals surface area contributed by atoms with E-state index in [-0.39, 0.29) is 30.3 Å². The number of aliphatic hydroxyl groups is 1. The number of ether oxygens (including phenoxy) is 1. The summed E-state index contributed by atoms with van der Waals surface area (Å²) in [6.07, 6.45) is 0.809. The third-order valence-electron chi connectivity index (χ3n) is 3.15. The van der Waals surface area contributed by atoms with Gasteiger partial charge in [-0.15, -0.1) is 0 Å². The van der Waals surface area contributed by atoms with E-state index in [1.54, 1.807) is 11.9 Å². The maximum Gasteiger partial charge on any atom is 0.329 e. The molecule has 1 aromatic heterocycles. The smallest absolute Gasteiger partial charge is 0.329 e. The summed E-state index contributed by atoms with van der Waals surface area (Å²) in [5, 5.41) is 23.1. The second-order valence-electron chi connectivity index (χ2n) is 4.55. The molecule has 1 aromatic rings. The van der Waals surface area contributed by atoms with Crippen molar-refractivity contribution in [1.29, 1.82) is 0 Å². The fourth-order valence-electron chi connectivity index (χ4n) is 2.05. The normalized spacial score (nSPS) is 22.6. The van der Waals surface area contributed by atoms with E-state index in [9.17, 15) is 15.2 Å². The number of nitrogens with one attached hydrogen (secondary N) is 1. The van der Waals surface area contributed by atoms with E-state index >= 15 is 0 Å². The minimum atomic E-state index is -0.509. The van der Waals surface area contributed by atoms with E-state index in [2.05, 4.69) is 15.3 Å². The highest BCUT2D eigenvalue weighted by atomic mass is 16.6. The van der Waals surface area contributed by atoms with E-state index in [4.69, 9.17) is 4.74 Å². The van der Waals surface area contributed by atoms with E-state index < -0.39 is 4.92 Å². The minimum absolute atomic E-state index is 0.0730. The monoisotopic (exact) mass is 283 g/mol. The van der Waals surface area contributed by atoms with Crippen LogP contribution in [0.5, 0.6) is 0 Å². The van der Waals surface area contributed by atoms with Gasteiger partial charge < -0.3 is 20.1 Å². The van der Waals surface area contributed by atoms with Gasteiger partial charge in [-0.3, -0.25) is 10.1 Å². The fourth-order valence-corrected chi connectivity index (χ4v) is 2.05. The van der Waals surface area contributed by atoms with Gasteiger partial charge in [0.2, 0.25) is 11.8 Å². The first-order chi connectivity index (χ1) is 9.56. The van der Waals surface area contributed by atoms with Crippen LogP contribution in [0.3, 0.4) is 0 Å². The molecule has 1 saturated heterocycles. The third kappa shape index (κ3) is 2.78. The summed E-state index contributed by atoms with van der Waals surface area (Å²) < 4.78 is 5.43. The molecule has 110 valence electrons. The Kier molecular flexibility index (Phi) is 4.30. The van der Waals surface area contributed by atoms with E-state index in [1.807, 2.05) is 6.92 Å². The largest absolute Gasteiger partial charge is 0.394 e. The van der Waals surface area contributed by atoms with Gasteiger partial charge in [-0.25, -0.2) is 4.98 Å². The molecule has 0 spiro atoms. The van der Waals surface area contributed by atoms with Crippen LogP contribution in [0.4, 0.5) is 17.5 Å². The number of rotatable bonds is 4. The standard InChI is InChI=1S/C11H17N5O4/c1-7-6-20-8(5-17)4-15(7)10-9(16(18)19)3-13-11(12-2)14-10/h3,7-8,17H,4-6H2,1-2H3,(H,12,13,14). The minimum Gasteiger partial charge on any atom is -0.394 e. The van der Waals surface area contributed by atoms with Gasteiger partial charge in [0.1, 0.15) is 6.20 Å². The molecule has 20 heavy (non-hydrogen) atoms. The second-order valence-corrected chi connectivity index (χ2v) is 4.55. The number of hydrogen-bond acceptors (Lipinski definition) is 8. The summed E-state index contributed by atoms with van der Waals surface area (Å²) in [6, 6.07) is -0.0730. The number of aromatic nitrogens is 2. The van der Waals surface area contributed by atoms with Crippen molar-refractivity contribution in [2.45, 2.75) is 19.1 Å². The summed E-state index contributed by atoms with van der Waals surface area (Å²) in [5.74, 6) is 0.549. The van der Waals surface area contributed by atoms with Crippen molar-refractivity contribution in [3.63, 3.8) is 0 Å². The molecule has 1 fully saturated rings. The molecule has 2 heterocycles. The number of anilines is 2. The van der Waals surface area contributed by atoms with Crippen LogP contribution in [0.2, 0.25) is 0 Å². The number of nitro groups is 1. The Morgan fingerprint density at radius 1 is 1.70 bits per heavy atom. The van der Waals surface area contributed by atoms with E-state index in [1.165, 1.54) is 6.20 Å². The Morgan fingerprint density at radius 3 is 3.05 bits per heavy atom. The lowest BCUT2D eigenvalue weighted by molar-refractivity contribution is -0.384. The Morgan fingerprint density at radius 2 is 2.45 bits per heavy atom. The van der Waals surface area contributed by atoms with Crippen molar-refractivity contribution in [1.82, 2.24) is 9.97 Å². The Labute approximate surface area is 115 Å². The highest BCUT2D eigenvalue weighted by Gasteiger charge is 2.32. The molecule has 9 nitrogen and oxygen atoms in total. The van der Waals surface area contributed by atoms with Gasteiger partial charge in [-0.1, -0.05) is 0 Å². The third-order valence-corrected chi connectivity index (χ3v) is 3.15. The summed E-state index contributed by atoms with van der Waals surface area (Å²) in [7, 11) is 1.64. The lowest BCUT2D eigenvalue weighted by Gasteiger charge is -2.37. The predicted octanol–water partition coefficient (Wildman–Crippen LogP) is 0.0125. The molecular weight excluding hydrogens is 266 g/mol. The van der Waals surface area contributed by atoms with Gasteiger partial charge in [0, 0.05) is 13.6 Å². The Bertz CT molecular complexity index is 498. The number of morpholine rings is 1. The van der Waals surface area contributed by atoms with Crippen molar-refractivity contribution < 1.29 is 14.8 Å². The second kappa shape index (κ2) is 5.97. The number of nitrogens with zero attached hydrogens (tertiary/aromatic N) is 4. The fraction of sp³-hybridized carbons (Fsp3) is 0.636. The van der Waals surface area contributed by atoms with Gasteiger partial charge >= 0.3 is 5.69 Å². The molecule has 0 aliphatic carbocycles. The van der Waals surface area contributed by atoms with Crippen LogP contribution >= 0.6 is 0 Å². The van der Waals surface area contributed by atoms with Crippen LogP contribution in [0, 0.1) is 10.1 Å². The summed E-state index contributed by atoms with van der Waals surface area (Å²) >= 11 is 0. The Balaban J connectivity index is 2.40. The SMILES string of the molecule is CNc1ncc([N+](=O)[O-])c(N2CC(CO)OCC2C)n1. The molecule has 1 aliphatic heterocycles. The van der Waals surface area contributed by atoms with Gasteiger partial charge in [0.15, 0.2) is 0 Å². The topological polar surface area (TPSA) is 114 Å². The molecule has 0 radical (unpaired) electrons. The van der Waals surface area contributed by atoms with Crippen LogP contribution in [0.15, 0.2) is 6.20 Å². The van der Waals surface area contributed by atoms with Gasteiger partial charge in [-0.05, 0) is 6.92 Å². The number of aliphatic hydroxyl groups excluding tert-OH is 1. The summed E-state index contributed by atoms with van der Waals surface area (Å²) in [4.78, 5) is 20.4. The Hall–Kier alpha value is -2.00. The molecule has 0 aromatic carbocycles. The van der Waals surface area contributed by atoms with Crippen molar-refractivity contribution in [2.75, 3.05) is 37.0 Å².